The lowest BCUT2D eigenvalue weighted by Crippen LogP contribution is -2.45. The van der Waals surface area contributed by atoms with Gasteiger partial charge in [0.25, 0.3) is 0 Å². The summed E-state index contributed by atoms with van der Waals surface area (Å²) in [6, 6.07) is 9.47. The van der Waals surface area contributed by atoms with E-state index in [0.29, 0.717) is 13.1 Å². The second kappa shape index (κ2) is 9.03. The Morgan fingerprint density at radius 1 is 1.17 bits per heavy atom. The van der Waals surface area contributed by atoms with Crippen molar-refractivity contribution < 1.29 is 13.2 Å². The normalized spacial score (nSPS) is 16.1. The lowest BCUT2D eigenvalue weighted by Gasteiger charge is -2.24. The maximum Gasteiger partial charge on any atom is 0.315 e. The van der Waals surface area contributed by atoms with Crippen molar-refractivity contribution in [2.24, 2.45) is 0 Å². The van der Waals surface area contributed by atoms with E-state index in [-0.39, 0.29) is 18.6 Å². The van der Waals surface area contributed by atoms with Gasteiger partial charge in [0.15, 0.2) is 0 Å². The van der Waals surface area contributed by atoms with Crippen molar-refractivity contribution in [3.63, 3.8) is 0 Å². The Bertz CT molecular complexity index is 613. The first kappa shape index (κ1) is 18.7. The summed E-state index contributed by atoms with van der Waals surface area (Å²) in [6.07, 6.45) is 6.79. The van der Waals surface area contributed by atoms with Crippen molar-refractivity contribution in [3.05, 3.63) is 35.9 Å². The van der Waals surface area contributed by atoms with Crippen LogP contribution in [0.25, 0.3) is 0 Å². The minimum atomic E-state index is -3.33. The van der Waals surface area contributed by atoms with E-state index in [0.717, 1.165) is 31.2 Å². The number of urea groups is 1. The number of carbonyl (C=O) groups is 1. The second-order valence-corrected chi connectivity index (χ2v) is 8.30. The Morgan fingerprint density at radius 3 is 2.46 bits per heavy atom. The lowest BCUT2D eigenvalue weighted by molar-refractivity contribution is 0.231. The molecule has 0 atom stereocenters. The van der Waals surface area contributed by atoms with Gasteiger partial charge in [-0.1, -0.05) is 49.6 Å². The Morgan fingerprint density at radius 2 is 1.83 bits per heavy atom. The first-order valence-corrected chi connectivity index (χ1v) is 10.3. The molecule has 6 nitrogen and oxygen atoms in total. The molecule has 2 amide bonds. The highest BCUT2D eigenvalue weighted by Crippen LogP contribution is 2.17. The van der Waals surface area contributed by atoms with Gasteiger partial charge in [0, 0.05) is 25.7 Å². The van der Waals surface area contributed by atoms with Crippen LogP contribution in [0.2, 0.25) is 0 Å². The van der Waals surface area contributed by atoms with Crippen LogP contribution in [0.4, 0.5) is 4.79 Å². The van der Waals surface area contributed by atoms with E-state index >= 15 is 0 Å². The Kier molecular flexibility index (Phi) is 7.05. The van der Waals surface area contributed by atoms with E-state index in [4.69, 9.17) is 0 Å². The molecule has 134 valence electrons. The van der Waals surface area contributed by atoms with Gasteiger partial charge in [-0.15, -0.1) is 0 Å². The summed E-state index contributed by atoms with van der Waals surface area (Å²) in [5.41, 5.74) is 0.926. The van der Waals surface area contributed by atoms with Crippen LogP contribution in [0.15, 0.2) is 30.3 Å². The molecule has 0 aliphatic heterocycles. The molecule has 0 radical (unpaired) electrons. The molecule has 0 bridgehead atoms. The highest BCUT2D eigenvalue weighted by Gasteiger charge is 2.18. The molecule has 0 saturated heterocycles. The fourth-order valence-electron chi connectivity index (χ4n) is 2.93. The summed E-state index contributed by atoms with van der Waals surface area (Å²) in [6.45, 7) is 0.857. The van der Waals surface area contributed by atoms with Gasteiger partial charge >= 0.3 is 6.03 Å². The molecule has 0 aromatic heterocycles. The van der Waals surface area contributed by atoms with Crippen molar-refractivity contribution in [1.29, 1.82) is 0 Å². The molecule has 1 aromatic rings. The molecule has 24 heavy (non-hydrogen) atoms. The van der Waals surface area contributed by atoms with E-state index in [9.17, 15) is 13.2 Å². The number of hydrogen-bond donors (Lipinski definition) is 2. The number of hydrogen-bond acceptors (Lipinski definition) is 3. The SMILES string of the molecule is CS(=O)(=O)N(CCNC(=O)NC1CCCCC1)Cc1ccccc1. The highest BCUT2D eigenvalue weighted by molar-refractivity contribution is 7.88. The predicted molar refractivity (Wildman–Crippen MR) is 95.1 cm³/mol. The van der Waals surface area contributed by atoms with Gasteiger partial charge in [-0.05, 0) is 18.4 Å². The van der Waals surface area contributed by atoms with Gasteiger partial charge in [0.2, 0.25) is 10.0 Å². The molecule has 1 aliphatic carbocycles. The number of amides is 2. The second-order valence-electron chi connectivity index (χ2n) is 6.32. The monoisotopic (exact) mass is 353 g/mol. The van der Waals surface area contributed by atoms with Gasteiger partial charge in [0.1, 0.15) is 0 Å². The van der Waals surface area contributed by atoms with Gasteiger partial charge < -0.3 is 10.6 Å². The molecular weight excluding hydrogens is 326 g/mol. The van der Waals surface area contributed by atoms with Crippen molar-refractivity contribution in [2.45, 2.75) is 44.7 Å². The minimum Gasteiger partial charge on any atom is -0.337 e. The molecule has 0 spiro atoms. The average molecular weight is 353 g/mol. The van der Waals surface area contributed by atoms with Crippen LogP contribution in [-0.2, 0) is 16.6 Å². The number of benzene rings is 1. The topological polar surface area (TPSA) is 78.5 Å². The van der Waals surface area contributed by atoms with Crippen molar-refractivity contribution in [1.82, 2.24) is 14.9 Å². The Labute approximate surface area is 144 Å². The van der Waals surface area contributed by atoms with Crippen LogP contribution in [0, 0.1) is 0 Å². The van der Waals surface area contributed by atoms with E-state index in [1.807, 2.05) is 30.3 Å². The summed E-state index contributed by atoms with van der Waals surface area (Å²) >= 11 is 0. The van der Waals surface area contributed by atoms with E-state index in [1.54, 1.807) is 0 Å². The van der Waals surface area contributed by atoms with Crippen molar-refractivity contribution >= 4 is 16.1 Å². The third-order valence-electron chi connectivity index (χ3n) is 4.26. The highest BCUT2D eigenvalue weighted by atomic mass is 32.2. The van der Waals surface area contributed by atoms with Gasteiger partial charge in [0.05, 0.1) is 6.26 Å². The van der Waals surface area contributed by atoms with Crippen LogP contribution < -0.4 is 10.6 Å². The van der Waals surface area contributed by atoms with Gasteiger partial charge in [-0.3, -0.25) is 0 Å². The standard InChI is InChI=1S/C17H27N3O3S/c1-24(22,23)20(14-15-8-4-2-5-9-15)13-12-18-17(21)19-16-10-6-3-7-11-16/h2,4-5,8-9,16H,3,6-7,10-14H2,1H3,(H2,18,19,21). The van der Waals surface area contributed by atoms with Crippen LogP contribution in [0.3, 0.4) is 0 Å². The first-order chi connectivity index (χ1) is 11.4. The van der Waals surface area contributed by atoms with Crippen molar-refractivity contribution in [3.8, 4) is 0 Å². The van der Waals surface area contributed by atoms with E-state index in [1.165, 1.54) is 17.0 Å². The molecule has 7 heteroatoms. The fourth-order valence-corrected chi connectivity index (χ4v) is 3.73. The molecule has 0 unspecified atom stereocenters. The zero-order valence-corrected chi connectivity index (χ0v) is 15.0. The minimum absolute atomic E-state index is 0.213. The molecule has 1 saturated carbocycles. The smallest absolute Gasteiger partial charge is 0.315 e. The summed E-state index contributed by atoms with van der Waals surface area (Å²) in [4.78, 5) is 11.9. The maximum absolute atomic E-state index is 11.9. The van der Waals surface area contributed by atoms with Crippen LogP contribution in [-0.4, -0.2) is 44.1 Å². The third kappa shape index (κ3) is 6.49. The Balaban J connectivity index is 1.79. The molecule has 2 N–H and O–H groups in total. The number of nitrogens with one attached hydrogen (secondary N) is 2. The largest absolute Gasteiger partial charge is 0.337 e. The number of rotatable bonds is 7. The zero-order chi connectivity index (χ0) is 17.4. The zero-order valence-electron chi connectivity index (χ0n) is 14.2. The van der Waals surface area contributed by atoms with E-state index in [2.05, 4.69) is 10.6 Å². The molecule has 1 fully saturated rings. The van der Waals surface area contributed by atoms with Crippen molar-refractivity contribution in [2.75, 3.05) is 19.3 Å². The Hall–Kier alpha value is -1.60. The third-order valence-corrected chi connectivity index (χ3v) is 5.51. The number of carbonyl (C=O) groups excluding carboxylic acids is 1. The molecule has 2 rings (SSSR count). The fraction of sp³-hybridized carbons (Fsp3) is 0.588. The quantitative estimate of drug-likeness (QED) is 0.788. The van der Waals surface area contributed by atoms with Gasteiger partial charge in [-0.2, -0.15) is 4.31 Å². The summed E-state index contributed by atoms with van der Waals surface area (Å²) in [5, 5.41) is 5.73. The number of sulfonamides is 1. The summed E-state index contributed by atoms with van der Waals surface area (Å²) in [5.74, 6) is 0. The van der Waals surface area contributed by atoms with Crippen LogP contribution >= 0.6 is 0 Å². The average Bonchev–Trinajstić information content (AvgIpc) is 2.55. The summed E-state index contributed by atoms with van der Waals surface area (Å²) < 4.78 is 25.2. The molecule has 1 aromatic carbocycles. The first-order valence-electron chi connectivity index (χ1n) is 8.48. The predicted octanol–water partition coefficient (Wildman–Crippen LogP) is 2.08. The number of nitrogens with zero attached hydrogens (tertiary/aromatic N) is 1. The van der Waals surface area contributed by atoms with Crippen LogP contribution in [0.1, 0.15) is 37.7 Å². The van der Waals surface area contributed by atoms with Gasteiger partial charge in [-0.25, -0.2) is 13.2 Å². The lowest BCUT2D eigenvalue weighted by atomic mass is 9.96. The summed E-state index contributed by atoms with van der Waals surface area (Å²) in [7, 11) is -3.33. The molecule has 1 aliphatic rings. The molecule has 0 heterocycles. The molecular formula is C17H27N3O3S. The maximum atomic E-state index is 11.9. The van der Waals surface area contributed by atoms with E-state index < -0.39 is 10.0 Å². The van der Waals surface area contributed by atoms with Crippen LogP contribution in [0.5, 0.6) is 0 Å².